The molecule has 164 valence electrons. The highest BCUT2D eigenvalue weighted by atomic mass is 19.4. The van der Waals surface area contributed by atoms with E-state index in [1.165, 1.54) is 24.0 Å². The third-order valence-corrected chi connectivity index (χ3v) is 5.12. The average molecular weight is 439 g/mol. The second-order valence-corrected chi connectivity index (χ2v) is 7.50. The molecule has 0 radical (unpaired) electrons. The van der Waals surface area contributed by atoms with E-state index in [0.717, 1.165) is 23.4 Å². The summed E-state index contributed by atoms with van der Waals surface area (Å²) < 4.78 is 39.6. The van der Waals surface area contributed by atoms with Gasteiger partial charge in [0.15, 0.2) is 0 Å². The average Bonchev–Trinajstić information content (AvgIpc) is 2.74. The molecule has 2 amide bonds. The Bertz CT molecular complexity index is 1160. The van der Waals surface area contributed by atoms with Crippen molar-refractivity contribution < 1.29 is 22.8 Å². The molecule has 1 N–H and O–H groups in total. The minimum absolute atomic E-state index is 0.0146. The van der Waals surface area contributed by atoms with E-state index < -0.39 is 11.7 Å². The van der Waals surface area contributed by atoms with E-state index in [1.54, 1.807) is 24.3 Å². The number of amides is 2. The Balaban J connectivity index is 1.64. The lowest BCUT2D eigenvalue weighted by Crippen LogP contribution is -2.43. The van der Waals surface area contributed by atoms with Crippen molar-refractivity contribution in [3.8, 4) is 0 Å². The van der Waals surface area contributed by atoms with Gasteiger partial charge in [0.2, 0.25) is 5.91 Å². The van der Waals surface area contributed by atoms with Crippen molar-refractivity contribution in [1.29, 1.82) is 0 Å². The number of nitrogens with zero attached hydrogens (tertiary/aromatic N) is 2. The lowest BCUT2D eigenvalue weighted by Gasteiger charge is -2.37. The molecule has 0 saturated carbocycles. The predicted molar refractivity (Wildman–Crippen MR) is 117 cm³/mol. The molecule has 4 rings (SSSR count). The number of hydrogen-bond acceptors (Lipinski definition) is 3. The molecule has 3 aromatic rings. The molecule has 5 nitrogen and oxygen atoms in total. The van der Waals surface area contributed by atoms with Gasteiger partial charge in [-0.25, -0.2) is 0 Å². The maximum Gasteiger partial charge on any atom is 0.416 e. The Morgan fingerprint density at radius 1 is 0.969 bits per heavy atom. The van der Waals surface area contributed by atoms with Crippen LogP contribution in [0.3, 0.4) is 0 Å². The zero-order valence-corrected chi connectivity index (χ0v) is 17.2. The molecular formula is C24H20F3N3O2. The SMILES string of the molecule is CC(=O)Nc1ccc(CN2CC(=O)N(c3cccc(C(F)(F)F)c3)c3ccccc32)cc1. The van der Waals surface area contributed by atoms with Crippen LogP contribution < -0.4 is 15.1 Å². The van der Waals surface area contributed by atoms with Gasteiger partial charge in [-0.1, -0.05) is 30.3 Å². The molecule has 3 aromatic carbocycles. The number of anilines is 4. The number of alkyl halides is 3. The van der Waals surface area contributed by atoms with Gasteiger partial charge in [0.25, 0.3) is 5.91 Å². The molecule has 8 heteroatoms. The van der Waals surface area contributed by atoms with Crippen molar-refractivity contribution in [2.24, 2.45) is 0 Å². The fourth-order valence-corrected chi connectivity index (χ4v) is 3.74. The maximum atomic E-state index is 13.2. The van der Waals surface area contributed by atoms with Crippen LogP contribution >= 0.6 is 0 Å². The second kappa shape index (κ2) is 8.37. The molecule has 0 unspecified atom stereocenters. The monoisotopic (exact) mass is 439 g/mol. The zero-order valence-electron chi connectivity index (χ0n) is 17.2. The molecule has 1 aliphatic heterocycles. The summed E-state index contributed by atoms with van der Waals surface area (Å²) in [6.45, 7) is 1.88. The van der Waals surface area contributed by atoms with Crippen LogP contribution in [0, 0.1) is 0 Å². The third-order valence-electron chi connectivity index (χ3n) is 5.12. The minimum Gasteiger partial charge on any atom is -0.356 e. The number of carbonyl (C=O) groups excluding carboxylic acids is 2. The molecule has 0 saturated heterocycles. The van der Waals surface area contributed by atoms with Gasteiger partial charge in [-0.15, -0.1) is 0 Å². The van der Waals surface area contributed by atoms with E-state index in [1.807, 2.05) is 29.2 Å². The topological polar surface area (TPSA) is 52.7 Å². The van der Waals surface area contributed by atoms with E-state index in [9.17, 15) is 22.8 Å². The first-order valence-corrected chi connectivity index (χ1v) is 9.93. The van der Waals surface area contributed by atoms with Crippen LogP contribution in [0.5, 0.6) is 0 Å². The number of halogens is 3. The Hall–Kier alpha value is -3.81. The highest BCUT2D eigenvalue weighted by molar-refractivity contribution is 6.08. The Morgan fingerprint density at radius 2 is 1.66 bits per heavy atom. The molecule has 0 aliphatic carbocycles. The lowest BCUT2D eigenvalue weighted by molar-refractivity contribution is -0.137. The van der Waals surface area contributed by atoms with Gasteiger partial charge in [0, 0.05) is 24.8 Å². The summed E-state index contributed by atoms with van der Waals surface area (Å²) in [5, 5.41) is 2.70. The number of hydrogen-bond donors (Lipinski definition) is 1. The molecule has 0 fully saturated rings. The molecule has 1 heterocycles. The van der Waals surface area contributed by atoms with Crippen LogP contribution in [0.15, 0.2) is 72.8 Å². The molecule has 32 heavy (non-hydrogen) atoms. The number of rotatable bonds is 4. The Labute approximate surface area is 183 Å². The van der Waals surface area contributed by atoms with Crippen molar-refractivity contribution in [2.45, 2.75) is 19.6 Å². The van der Waals surface area contributed by atoms with Gasteiger partial charge in [0.1, 0.15) is 0 Å². The summed E-state index contributed by atoms with van der Waals surface area (Å²) >= 11 is 0. The molecule has 0 spiro atoms. The first kappa shape index (κ1) is 21.4. The van der Waals surface area contributed by atoms with Gasteiger partial charge in [-0.05, 0) is 48.0 Å². The minimum atomic E-state index is -4.50. The summed E-state index contributed by atoms with van der Waals surface area (Å²) in [5.74, 6) is -0.485. The number of para-hydroxylation sites is 2. The van der Waals surface area contributed by atoms with Crippen molar-refractivity contribution in [3.05, 3.63) is 83.9 Å². The van der Waals surface area contributed by atoms with Gasteiger partial charge >= 0.3 is 6.18 Å². The van der Waals surface area contributed by atoms with Crippen LogP contribution in [-0.2, 0) is 22.3 Å². The summed E-state index contributed by atoms with van der Waals surface area (Å²) in [5.41, 5.74) is 2.24. The third kappa shape index (κ3) is 4.44. The highest BCUT2D eigenvalue weighted by Gasteiger charge is 2.34. The molecule has 0 atom stereocenters. The standard InChI is InChI=1S/C24H20F3N3O2/c1-16(31)28-19-11-9-17(10-12-19)14-29-15-23(32)30(22-8-3-2-7-21(22)29)20-6-4-5-18(13-20)24(25,26)27/h2-13H,14-15H2,1H3,(H,28,31). The van der Waals surface area contributed by atoms with E-state index >= 15 is 0 Å². The second-order valence-electron chi connectivity index (χ2n) is 7.50. The highest BCUT2D eigenvalue weighted by Crippen LogP contribution is 2.40. The largest absolute Gasteiger partial charge is 0.416 e. The van der Waals surface area contributed by atoms with Gasteiger partial charge in [-0.2, -0.15) is 13.2 Å². The summed E-state index contributed by atoms with van der Waals surface area (Å²) in [4.78, 5) is 27.5. The molecule has 1 aliphatic rings. The van der Waals surface area contributed by atoms with E-state index in [2.05, 4.69) is 5.32 Å². The van der Waals surface area contributed by atoms with Gasteiger partial charge in [0.05, 0.1) is 23.5 Å². The fraction of sp³-hybridized carbons (Fsp3) is 0.167. The van der Waals surface area contributed by atoms with Crippen molar-refractivity contribution in [1.82, 2.24) is 0 Å². The Kier molecular flexibility index (Phi) is 5.61. The van der Waals surface area contributed by atoms with Crippen LogP contribution in [0.1, 0.15) is 18.1 Å². The molecular weight excluding hydrogens is 419 g/mol. The Morgan fingerprint density at radius 3 is 2.31 bits per heavy atom. The predicted octanol–water partition coefficient (Wildman–Crippen LogP) is 5.35. The van der Waals surface area contributed by atoms with Crippen LogP contribution in [-0.4, -0.2) is 18.4 Å². The zero-order chi connectivity index (χ0) is 22.9. The summed E-state index contributed by atoms with van der Waals surface area (Å²) in [7, 11) is 0. The fourth-order valence-electron chi connectivity index (χ4n) is 3.74. The quantitative estimate of drug-likeness (QED) is 0.596. The smallest absolute Gasteiger partial charge is 0.356 e. The number of nitrogens with one attached hydrogen (secondary N) is 1. The molecule has 0 aromatic heterocycles. The molecule has 0 bridgehead atoms. The van der Waals surface area contributed by atoms with Gasteiger partial charge < -0.3 is 10.2 Å². The van der Waals surface area contributed by atoms with Crippen LogP contribution in [0.4, 0.5) is 35.9 Å². The van der Waals surface area contributed by atoms with E-state index in [0.29, 0.717) is 17.9 Å². The first-order valence-electron chi connectivity index (χ1n) is 9.93. The first-order chi connectivity index (χ1) is 15.2. The number of carbonyl (C=O) groups is 2. The number of fused-ring (bicyclic) bond motifs is 1. The lowest BCUT2D eigenvalue weighted by atomic mass is 10.1. The van der Waals surface area contributed by atoms with Crippen LogP contribution in [0.2, 0.25) is 0 Å². The van der Waals surface area contributed by atoms with Gasteiger partial charge in [-0.3, -0.25) is 14.5 Å². The van der Waals surface area contributed by atoms with Crippen LogP contribution in [0.25, 0.3) is 0 Å². The summed E-state index contributed by atoms with van der Waals surface area (Å²) in [6.07, 6.45) is -4.50. The van der Waals surface area contributed by atoms with Crippen molar-refractivity contribution in [2.75, 3.05) is 21.7 Å². The number of benzene rings is 3. The van der Waals surface area contributed by atoms with Crippen molar-refractivity contribution in [3.63, 3.8) is 0 Å². The van der Waals surface area contributed by atoms with E-state index in [4.69, 9.17) is 0 Å². The van der Waals surface area contributed by atoms with E-state index in [-0.39, 0.29) is 24.0 Å². The maximum absolute atomic E-state index is 13.2. The normalized spacial score (nSPS) is 13.7. The van der Waals surface area contributed by atoms with Crippen molar-refractivity contribution >= 4 is 34.6 Å². The summed E-state index contributed by atoms with van der Waals surface area (Å²) in [6, 6.07) is 19.2.